The van der Waals surface area contributed by atoms with Crippen molar-refractivity contribution >= 4 is 28.9 Å². The fourth-order valence-electron chi connectivity index (χ4n) is 2.05. The first-order valence-corrected chi connectivity index (χ1v) is 10.5. The van der Waals surface area contributed by atoms with Gasteiger partial charge in [-0.15, -0.1) is 0 Å². The first kappa shape index (κ1) is 18.2. The normalized spacial score (nSPS) is 18.9. The minimum absolute atomic E-state index is 0.0349. The summed E-state index contributed by atoms with van der Waals surface area (Å²) in [6, 6.07) is 5.44. The van der Waals surface area contributed by atoms with Gasteiger partial charge in [-0.2, -0.15) is 0 Å². The van der Waals surface area contributed by atoms with Crippen molar-refractivity contribution in [2.24, 2.45) is 0 Å². The molecule has 1 aromatic rings. The van der Waals surface area contributed by atoms with Gasteiger partial charge in [-0.3, -0.25) is 0 Å². The molecule has 2 rings (SSSR count). The Morgan fingerprint density at radius 2 is 1.96 bits per heavy atom. The Hall–Kier alpha value is -1.10. The molecule has 1 heterocycles. The van der Waals surface area contributed by atoms with Crippen LogP contribution in [0, 0.1) is 11.3 Å². The molecule has 4 nitrogen and oxygen atoms in total. The van der Waals surface area contributed by atoms with Gasteiger partial charge in [0.1, 0.15) is 0 Å². The second kappa shape index (κ2) is 8.13. The average molecular weight is 465 g/mol. The Bertz CT molecular complexity index is 687. The molecule has 124 valence electrons. The van der Waals surface area contributed by atoms with Crippen LogP contribution >= 0.6 is 23.2 Å². The predicted octanol–water partition coefficient (Wildman–Crippen LogP) is 1.22. The van der Waals surface area contributed by atoms with Gasteiger partial charge in [0.25, 0.3) is 0 Å². The van der Waals surface area contributed by atoms with E-state index in [1.165, 1.54) is 0 Å². The average Bonchev–Trinajstić information content (AvgIpc) is 2.51. The van der Waals surface area contributed by atoms with Gasteiger partial charge in [0.05, 0.1) is 0 Å². The van der Waals surface area contributed by atoms with E-state index < -0.39 is 0 Å². The molecule has 0 amide bonds. The van der Waals surface area contributed by atoms with Crippen LogP contribution in [0.5, 0.6) is 5.75 Å². The minimum atomic E-state index is -0.139. The molecule has 0 aromatic heterocycles. The molecule has 1 aromatic carbocycles. The van der Waals surface area contributed by atoms with Crippen LogP contribution in [0.25, 0.3) is 0 Å². The van der Waals surface area contributed by atoms with Crippen molar-refractivity contribution in [3.05, 3.63) is 45.1 Å². The van der Waals surface area contributed by atoms with Crippen LogP contribution in [0.15, 0.2) is 35.1 Å². The van der Waals surface area contributed by atoms with Gasteiger partial charge in [0.15, 0.2) is 0 Å². The van der Waals surface area contributed by atoms with E-state index in [1.807, 2.05) is 6.92 Å². The second-order valence-corrected chi connectivity index (χ2v) is 9.78. The summed E-state index contributed by atoms with van der Waals surface area (Å²) < 4.78 is 1.57. The summed E-state index contributed by atoms with van der Waals surface area (Å²) in [4.78, 5) is 0. The zero-order chi connectivity index (χ0) is 17.0. The molecule has 1 atom stereocenters. The molecule has 7 heteroatoms. The fourth-order valence-corrected chi connectivity index (χ4v) is 4.92. The van der Waals surface area contributed by atoms with Gasteiger partial charge in [0.2, 0.25) is 0 Å². The second-order valence-electron chi connectivity index (χ2n) is 5.20. The Balaban J connectivity index is 2.22. The number of allylic oxidation sites excluding steroid dienone is 4. The Morgan fingerprint density at radius 3 is 2.57 bits per heavy atom. The first-order chi connectivity index (χ1) is 10.9. The monoisotopic (exact) mass is 464 g/mol. The van der Waals surface area contributed by atoms with E-state index in [1.54, 1.807) is 12.1 Å². The zero-order valence-electron chi connectivity index (χ0n) is 12.8. The number of hydrazine groups is 1. The molecule has 1 unspecified atom stereocenters. The van der Waals surface area contributed by atoms with Crippen LogP contribution in [-0.2, 0) is 0 Å². The molecule has 0 spiro atoms. The summed E-state index contributed by atoms with van der Waals surface area (Å²) in [7, 11) is 0. The van der Waals surface area contributed by atoms with Crippen LogP contribution in [0.2, 0.25) is 10.0 Å². The van der Waals surface area contributed by atoms with Crippen molar-refractivity contribution in [1.29, 1.82) is 5.26 Å². The van der Waals surface area contributed by atoms with Gasteiger partial charge in [-0.05, 0) is 0 Å². The molecule has 1 aliphatic rings. The zero-order valence-corrected chi connectivity index (χ0v) is 16.4. The number of rotatable bonds is 3. The summed E-state index contributed by atoms with van der Waals surface area (Å²) in [6.45, 7) is 4.21. The molecule has 23 heavy (non-hydrogen) atoms. The van der Waals surface area contributed by atoms with Gasteiger partial charge in [-0.1, -0.05) is 0 Å². The Morgan fingerprint density at radius 1 is 1.30 bits per heavy atom. The fraction of sp³-hybridized carbons (Fsp3) is 0.312. The van der Waals surface area contributed by atoms with Crippen molar-refractivity contribution in [3.63, 3.8) is 0 Å². The summed E-state index contributed by atoms with van der Waals surface area (Å²) in [5, 5.41) is 19.4. The van der Waals surface area contributed by atoms with E-state index in [2.05, 4.69) is 29.9 Å². The molecule has 0 saturated carbocycles. The Kier molecular flexibility index (Phi) is 6.45. The number of halogens is 3. The van der Waals surface area contributed by atoms with Crippen LogP contribution in [0.4, 0.5) is 5.69 Å². The number of hydrogen-bond donors (Lipinski definition) is 3. The molecular weight excluding hydrogens is 448 g/mol. The first-order valence-electron chi connectivity index (χ1n) is 7.00. The summed E-state index contributed by atoms with van der Waals surface area (Å²) >= 11 is 11.8. The van der Waals surface area contributed by atoms with Gasteiger partial charge < -0.3 is 0 Å². The number of benzene rings is 1. The van der Waals surface area contributed by atoms with Crippen molar-refractivity contribution in [3.8, 4) is 11.8 Å². The number of aromatic hydroxyl groups is 1. The molecule has 0 radical (unpaired) electrons. The SMILES string of the molecule is CC1=CCC(C)[I-]CC(NNc2cc(Cl)c(O)c(Cl)c2)=C1C#N. The summed E-state index contributed by atoms with van der Waals surface area (Å²) in [5.74, 6) is -0.139. The topological polar surface area (TPSA) is 68.1 Å². The molecule has 0 aliphatic carbocycles. The van der Waals surface area contributed by atoms with E-state index in [9.17, 15) is 10.4 Å². The third kappa shape index (κ3) is 4.69. The van der Waals surface area contributed by atoms with E-state index in [0.717, 1.165) is 22.1 Å². The molecule has 3 N–H and O–H groups in total. The summed E-state index contributed by atoms with van der Waals surface area (Å²) in [5.41, 5.74) is 9.34. The quantitative estimate of drug-likeness (QED) is 0.272. The molecule has 0 fully saturated rings. The number of nitriles is 1. The van der Waals surface area contributed by atoms with Gasteiger partial charge in [-0.25, -0.2) is 0 Å². The number of nitrogens with one attached hydrogen (secondary N) is 2. The Labute approximate surface area is 156 Å². The van der Waals surface area contributed by atoms with Crippen molar-refractivity contribution in [1.82, 2.24) is 5.43 Å². The number of nitrogens with zero attached hydrogens (tertiary/aromatic N) is 1. The van der Waals surface area contributed by atoms with Crippen LogP contribution in [0.3, 0.4) is 0 Å². The van der Waals surface area contributed by atoms with Crippen molar-refractivity contribution < 1.29 is 26.3 Å². The van der Waals surface area contributed by atoms with Crippen molar-refractivity contribution in [2.75, 3.05) is 9.85 Å². The number of anilines is 1. The molecular formula is C16H17Cl2IN3O-. The molecule has 0 bridgehead atoms. The van der Waals surface area contributed by atoms with Gasteiger partial charge >= 0.3 is 157 Å². The van der Waals surface area contributed by atoms with E-state index in [0.29, 0.717) is 15.2 Å². The maximum absolute atomic E-state index is 9.59. The third-order valence-electron chi connectivity index (χ3n) is 3.41. The molecule has 0 saturated heterocycles. The van der Waals surface area contributed by atoms with Gasteiger partial charge in [0, 0.05) is 0 Å². The number of alkyl halides is 2. The van der Waals surface area contributed by atoms with Crippen molar-refractivity contribution in [2.45, 2.75) is 24.2 Å². The summed E-state index contributed by atoms with van der Waals surface area (Å²) in [6.07, 6.45) is 3.17. The predicted molar refractivity (Wildman–Crippen MR) is 90.2 cm³/mol. The standard InChI is InChI=1S/C16H17Cl2IN3O/c1-9-3-4-10(2)19-7-15(12(9)8-20)22-21-11-5-13(17)16(23)14(18)6-11/h3,5-6,10,21-23H,4,7H2,1-2H3/q-1. The van der Waals surface area contributed by atoms with Crippen LogP contribution in [0.1, 0.15) is 20.3 Å². The maximum atomic E-state index is 9.59. The van der Waals surface area contributed by atoms with Crippen LogP contribution in [-0.4, -0.2) is 13.5 Å². The number of hydrogen-bond acceptors (Lipinski definition) is 4. The third-order valence-corrected chi connectivity index (χ3v) is 7.20. The molecule has 1 aliphatic heterocycles. The van der Waals surface area contributed by atoms with Crippen LogP contribution < -0.4 is 32.1 Å². The number of phenols is 1. The number of phenolic OH excluding ortho intramolecular Hbond substituents is 1. The van der Waals surface area contributed by atoms with E-state index >= 15 is 0 Å². The van der Waals surface area contributed by atoms with E-state index in [-0.39, 0.29) is 37.0 Å². The van der Waals surface area contributed by atoms with E-state index in [4.69, 9.17) is 23.2 Å².